The third-order valence-corrected chi connectivity index (χ3v) is 6.50. The first kappa shape index (κ1) is 22.5. The van der Waals surface area contributed by atoms with Crippen molar-refractivity contribution < 1.29 is 4.79 Å². The number of hydrogen-bond donors (Lipinski definition) is 2. The average molecular weight is 459 g/mol. The SMILES string of the molecule is N#Cc1c(CCCNC(=O)CCCCc2nc3ccccc3s2)nn(-c2ccccc2)c1N. The van der Waals surface area contributed by atoms with E-state index in [1.54, 1.807) is 16.0 Å². The summed E-state index contributed by atoms with van der Waals surface area (Å²) >= 11 is 1.72. The van der Waals surface area contributed by atoms with Crippen molar-refractivity contribution in [3.8, 4) is 11.8 Å². The molecule has 0 radical (unpaired) electrons. The highest BCUT2D eigenvalue weighted by Gasteiger charge is 2.16. The van der Waals surface area contributed by atoms with Crippen molar-refractivity contribution in [2.45, 2.75) is 38.5 Å². The Bertz CT molecular complexity index is 1240. The van der Waals surface area contributed by atoms with Gasteiger partial charge in [0.2, 0.25) is 5.91 Å². The summed E-state index contributed by atoms with van der Waals surface area (Å²) in [5, 5.41) is 18.1. The molecule has 4 rings (SSSR count). The van der Waals surface area contributed by atoms with Crippen molar-refractivity contribution in [3.63, 3.8) is 0 Å². The van der Waals surface area contributed by atoms with Gasteiger partial charge in [0.25, 0.3) is 0 Å². The number of nitriles is 1. The van der Waals surface area contributed by atoms with E-state index >= 15 is 0 Å². The van der Waals surface area contributed by atoms with Gasteiger partial charge in [0.1, 0.15) is 17.5 Å². The molecule has 2 heterocycles. The van der Waals surface area contributed by atoms with Crippen molar-refractivity contribution >= 4 is 33.3 Å². The second-order valence-electron chi connectivity index (χ2n) is 7.80. The number of carbonyl (C=O) groups excluding carboxylic acids is 1. The monoisotopic (exact) mass is 458 g/mol. The molecular formula is C25H26N6OS. The second kappa shape index (κ2) is 10.7. The molecule has 0 unspecified atom stereocenters. The fraction of sp³-hybridized carbons (Fsp3) is 0.280. The van der Waals surface area contributed by atoms with Crippen molar-refractivity contribution in [3.05, 3.63) is 70.9 Å². The quantitative estimate of drug-likeness (QED) is 0.342. The maximum Gasteiger partial charge on any atom is 0.219 e. The third kappa shape index (κ3) is 5.57. The highest BCUT2D eigenvalue weighted by atomic mass is 32.1. The molecule has 0 bridgehead atoms. The van der Waals surface area contributed by atoms with Gasteiger partial charge >= 0.3 is 0 Å². The van der Waals surface area contributed by atoms with E-state index in [2.05, 4.69) is 27.5 Å². The largest absolute Gasteiger partial charge is 0.382 e. The van der Waals surface area contributed by atoms with Gasteiger partial charge in [-0.25, -0.2) is 9.67 Å². The normalized spacial score (nSPS) is 10.9. The van der Waals surface area contributed by atoms with Gasteiger partial charge < -0.3 is 11.1 Å². The molecule has 168 valence electrons. The van der Waals surface area contributed by atoms with Crippen LogP contribution in [-0.4, -0.2) is 27.2 Å². The van der Waals surface area contributed by atoms with E-state index in [-0.39, 0.29) is 5.91 Å². The van der Waals surface area contributed by atoms with Crippen LogP contribution in [0.25, 0.3) is 15.9 Å². The fourth-order valence-corrected chi connectivity index (χ4v) is 4.71. The number of unbranched alkanes of at least 4 members (excludes halogenated alkanes) is 1. The standard InChI is InChI=1S/C25H26N6OS/c26-17-19-20(30-31(25(19)27)18-9-2-1-3-10-18)12-8-16-28-23(32)14-6-7-15-24-29-21-11-4-5-13-22(21)33-24/h1-5,9-11,13H,6-8,12,14-16,27H2,(H,28,32). The molecule has 3 N–H and O–H groups in total. The topological polar surface area (TPSA) is 110 Å². The minimum absolute atomic E-state index is 0.0501. The molecule has 0 saturated carbocycles. The van der Waals surface area contributed by atoms with Crippen molar-refractivity contribution in [2.75, 3.05) is 12.3 Å². The number of aromatic nitrogens is 3. The molecule has 1 amide bonds. The number of para-hydroxylation sites is 2. The lowest BCUT2D eigenvalue weighted by atomic mass is 10.1. The van der Waals surface area contributed by atoms with E-state index in [9.17, 15) is 10.1 Å². The van der Waals surface area contributed by atoms with Gasteiger partial charge in [-0.2, -0.15) is 10.4 Å². The Morgan fingerprint density at radius 2 is 1.85 bits per heavy atom. The number of fused-ring (bicyclic) bond motifs is 1. The van der Waals surface area contributed by atoms with Gasteiger partial charge in [-0.15, -0.1) is 11.3 Å². The Hall–Kier alpha value is -3.70. The number of thiazole rings is 1. The summed E-state index contributed by atoms with van der Waals surface area (Å²) in [5.41, 5.74) is 9.06. The summed E-state index contributed by atoms with van der Waals surface area (Å²) in [6, 6.07) is 19.8. The molecule has 4 aromatic rings. The zero-order valence-electron chi connectivity index (χ0n) is 18.3. The minimum Gasteiger partial charge on any atom is -0.382 e. The van der Waals surface area contributed by atoms with Crippen LogP contribution in [-0.2, 0) is 17.6 Å². The average Bonchev–Trinajstić information content (AvgIpc) is 3.40. The van der Waals surface area contributed by atoms with Crippen LogP contribution in [0.15, 0.2) is 54.6 Å². The number of carbonyl (C=O) groups is 1. The molecule has 0 spiro atoms. The highest BCUT2D eigenvalue weighted by Crippen LogP contribution is 2.23. The van der Waals surface area contributed by atoms with Gasteiger partial charge in [0, 0.05) is 13.0 Å². The molecular weight excluding hydrogens is 432 g/mol. The number of hydrogen-bond acceptors (Lipinski definition) is 6. The number of benzene rings is 2. The molecule has 7 nitrogen and oxygen atoms in total. The predicted molar refractivity (Wildman–Crippen MR) is 131 cm³/mol. The predicted octanol–water partition coefficient (Wildman–Crippen LogP) is 4.40. The second-order valence-corrected chi connectivity index (χ2v) is 8.92. The Labute approximate surface area is 196 Å². The molecule has 0 aliphatic carbocycles. The van der Waals surface area contributed by atoms with Crippen LogP contribution in [0.2, 0.25) is 0 Å². The molecule has 0 atom stereocenters. The van der Waals surface area contributed by atoms with Gasteiger partial charge in [-0.3, -0.25) is 4.79 Å². The van der Waals surface area contributed by atoms with Crippen LogP contribution in [0, 0.1) is 11.3 Å². The molecule has 0 saturated heterocycles. The van der Waals surface area contributed by atoms with Crippen molar-refractivity contribution in [1.82, 2.24) is 20.1 Å². The van der Waals surface area contributed by atoms with E-state index in [0.717, 1.165) is 35.5 Å². The Morgan fingerprint density at radius 3 is 2.64 bits per heavy atom. The van der Waals surface area contributed by atoms with Gasteiger partial charge in [0.05, 0.1) is 26.6 Å². The smallest absolute Gasteiger partial charge is 0.219 e. The number of nitrogens with one attached hydrogen (secondary N) is 1. The van der Waals surface area contributed by atoms with Crippen molar-refractivity contribution in [2.24, 2.45) is 0 Å². The molecule has 0 fully saturated rings. The number of nitrogen functional groups attached to an aromatic ring is 1. The summed E-state index contributed by atoms with van der Waals surface area (Å²) in [4.78, 5) is 16.8. The summed E-state index contributed by atoms with van der Waals surface area (Å²) in [7, 11) is 0. The lowest BCUT2D eigenvalue weighted by molar-refractivity contribution is -0.121. The summed E-state index contributed by atoms with van der Waals surface area (Å²) in [6.07, 6.45) is 4.44. The van der Waals surface area contributed by atoms with Crippen LogP contribution >= 0.6 is 11.3 Å². The fourth-order valence-electron chi connectivity index (χ4n) is 3.70. The maximum absolute atomic E-state index is 12.2. The molecule has 33 heavy (non-hydrogen) atoms. The highest BCUT2D eigenvalue weighted by molar-refractivity contribution is 7.18. The zero-order valence-corrected chi connectivity index (χ0v) is 19.1. The summed E-state index contributed by atoms with van der Waals surface area (Å²) in [6.45, 7) is 0.541. The Kier molecular flexibility index (Phi) is 7.33. The van der Waals surface area contributed by atoms with Crippen LogP contribution < -0.4 is 11.1 Å². The third-order valence-electron chi connectivity index (χ3n) is 5.40. The van der Waals surface area contributed by atoms with Gasteiger partial charge in [0.15, 0.2) is 0 Å². The number of aryl methyl sites for hydroxylation is 2. The first-order chi connectivity index (χ1) is 16.2. The Morgan fingerprint density at radius 1 is 1.06 bits per heavy atom. The van der Waals surface area contributed by atoms with Crippen LogP contribution in [0.3, 0.4) is 0 Å². The number of anilines is 1. The summed E-state index contributed by atoms with van der Waals surface area (Å²) in [5.74, 6) is 0.394. The minimum atomic E-state index is 0.0501. The molecule has 0 aliphatic heterocycles. The van der Waals surface area contributed by atoms with E-state index in [1.165, 1.54) is 4.70 Å². The number of rotatable bonds is 10. The lowest BCUT2D eigenvalue weighted by Crippen LogP contribution is -2.24. The maximum atomic E-state index is 12.2. The van der Waals surface area contributed by atoms with Gasteiger partial charge in [-0.1, -0.05) is 30.3 Å². The first-order valence-corrected chi connectivity index (χ1v) is 11.9. The molecule has 0 aliphatic rings. The van der Waals surface area contributed by atoms with E-state index in [1.807, 2.05) is 48.5 Å². The van der Waals surface area contributed by atoms with Crippen molar-refractivity contribution in [1.29, 1.82) is 5.26 Å². The van der Waals surface area contributed by atoms with Gasteiger partial charge in [-0.05, 0) is 56.4 Å². The number of nitrogens with zero attached hydrogens (tertiary/aromatic N) is 4. The van der Waals surface area contributed by atoms with Crippen LogP contribution in [0.5, 0.6) is 0 Å². The molecule has 2 aromatic heterocycles. The first-order valence-electron chi connectivity index (χ1n) is 11.1. The number of nitrogens with two attached hydrogens (primary N) is 1. The molecule has 8 heteroatoms. The van der Waals surface area contributed by atoms with E-state index in [4.69, 9.17) is 5.73 Å². The Balaban J connectivity index is 1.18. The van der Waals surface area contributed by atoms with E-state index < -0.39 is 0 Å². The van der Waals surface area contributed by atoms with Crippen LogP contribution in [0.1, 0.15) is 41.9 Å². The zero-order chi connectivity index (χ0) is 23.0. The van der Waals surface area contributed by atoms with E-state index in [0.29, 0.717) is 42.9 Å². The number of amides is 1. The summed E-state index contributed by atoms with van der Waals surface area (Å²) < 4.78 is 2.80. The molecule has 2 aromatic carbocycles. The van der Waals surface area contributed by atoms with Crippen LogP contribution in [0.4, 0.5) is 5.82 Å². The lowest BCUT2D eigenvalue weighted by Gasteiger charge is -2.04.